The van der Waals surface area contributed by atoms with Crippen molar-refractivity contribution in [1.82, 2.24) is 9.88 Å². The molecule has 0 bridgehead atoms. The van der Waals surface area contributed by atoms with Gasteiger partial charge in [-0.3, -0.25) is 9.78 Å². The molecule has 2 aliphatic heterocycles. The maximum atomic E-state index is 13.5. The molecular weight excluding hydrogens is 412 g/mol. The van der Waals surface area contributed by atoms with E-state index in [1.165, 1.54) is 4.90 Å². The van der Waals surface area contributed by atoms with E-state index in [1.807, 2.05) is 54.4 Å². The number of pyridine rings is 1. The van der Waals surface area contributed by atoms with Gasteiger partial charge in [0.15, 0.2) is 5.50 Å². The number of hydrogen-bond acceptors (Lipinski definition) is 6. The normalized spacial score (nSPS) is 20.6. The molecule has 1 N–H and O–H groups in total. The SMILES string of the molecule is CN1/C(=C2/SC(Nc3cccnc3)N(Cc3ccccc3)C2=O)Sc2ccccc21. The van der Waals surface area contributed by atoms with E-state index in [2.05, 4.69) is 39.5 Å². The van der Waals surface area contributed by atoms with Gasteiger partial charge >= 0.3 is 0 Å². The summed E-state index contributed by atoms with van der Waals surface area (Å²) in [6.45, 7) is 0.544. The molecule has 1 atom stereocenters. The van der Waals surface area contributed by atoms with Gasteiger partial charge in [0.1, 0.15) is 4.91 Å². The Kier molecular flexibility index (Phi) is 5.14. The summed E-state index contributed by atoms with van der Waals surface area (Å²) in [7, 11) is 2.03. The minimum absolute atomic E-state index is 0.0485. The monoisotopic (exact) mass is 432 g/mol. The molecule has 1 amide bonds. The lowest BCUT2D eigenvalue weighted by molar-refractivity contribution is -0.126. The molecule has 30 heavy (non-hydrogen) atoms. The van der Waals surface area contributed by atoms with E-state index in [0.29, 0.717) is 6.54 Å². The summed E-state index contributed by atoms with van der Waals surface area (Å²) in [5.74, 6) is 0.0485. The molecule has 7 heteroatoms. The molecule has 0 radical (unpaired) electrons. The molecule has 150 valence electrons. The number of anilines is 2. The van der Waals surface area contributed by atoms with Gasteiger partial charge in [-0.1, -0.05) is 66.0 Å². The largest absolute Gasteiger partial charge is 0.355 e. The number of nitrogens with one attached hydrogen (secondary N) is 1. The topological polar surface area (TPSA) is 48.5 Å². The van der Waals surface area contributed by atoms with Crippen molar-refractivity contribution >= 4 is 40.8 Å². The van der Waals surface area contributed by atoms with E-state index in [0.717, 1.165) is 26.9 Å². The number of hydrogen-bond donors (Lipinski definition) is 1. The number of carbonyl (C=O) groups is 1. The summed E-state index contributed by atoms with van der Waals surface area (Å²) in [4.78, 5) is 23.7. The van der Waals surface area contributed by atoms with Crippen LogP contribution in [0.2, 0.25) is 0 Å². The summed E-state index contributed by atoms with van der Waals surface area (Å²) < 4.78 is 0. The van der Waals surface area contributed by atoms with Gasteiger partial charge in [0.05, 0.1) is 22.6 Å². The predicted molar refractivity (Wildman–Crippen MR) is 124 cm³/mol. The highest BCUT2D eigenvalue weighted by atomic mass is 32.2. The quantitative estimate of drug-likeness (QED) is 0.588. The van der Waals surface area contributed by atoms with Gasteiger partial charge < -0.3 is 15.1 Å². The fourth-order valence-corrected chi connectivity index (χ4v) is 6.06. The van der Waals surface area contributed by atoms with Crippen molar-refractivity contribution in [3.63, 3.8) is 0 Å². The number of nitrogens with zero attached hydrogens (tertiary/aromatic N) is 3. The summed E-state index contributed by atoms with van der Waals surface area (Å²) in [5, 5.41) is 4.46. The molecule has 2 aromatic carbocycles. The number of para-hydroxylation sites is 1. The third-order valence-corrected chi connectivity index (χ3v) is 7.61. The third kappa shape index (κ3) is 3.55. The van der Waals surface area contributed by atoms with Crippen molar-refractivity contribution in [2.45, 2.75) is 16.9 Å². The lowest BCUT2D eigenvalue weighted by Crippen LogP contribution is -2.36. The fraction of sp³-hybridized carbons (Fsp3) is 0.130. The van der Waals surface area contributed by atoms with Gasteiger partial charge in [0.2, 0.25) is 0 Å². The zero-order valence-electron chi connectivity index (χ0n) is 16.4. The van der Waals surface area contributed by atoms with E-state index in [-0.39, 0.29) is 11.4 Å². The molecule has 1 fully saturated rings. The van der Waals surface area contributed by atoms with Crippen LogP contribution in [0.5, 0.6) is 0 Å². The van der Waals surface area contributed by atoms with Crippen molar-refractivity contribution in [1.29, 1.82) is 0 Å². The van der Waals surface area contributed by atoms with Gasteiger partial charge in [-0.15, -0.1) is 0 Å². The molecule has 1 aromatic heterocycles. The van der Waals surface area contributed by atoms with E-state index < -0.39 is 0 Å². The lowest BCUT2D eigenvalue weighted by atomic mass is 10.2. The van der Waals surface area contributed by atoms with Crippen LogP contribution in [0.1, 0.15) is 5.56 Å². The number of benzene rings is 2. The Hall–Kier alpha value is -2.90. The first-order valence-corrected chi connectivity index (χ1v) is 11.3. The second-order valence-corrected chi connectivity index (χ2v) is 9.16. The number of carbonyl (C=O) groups excluding carboxylic acids is 1. The van der Waals surface area contributed by atoms with Gasteiger partial charge in [0.25, 0.3) is 5.91 Å². The molecule has 3 aromatic rings. The first-order valence-electron chi connectivity index (χ1n) is 9.64. The van der Waals surface area contributed by atoms with Crippen LogP contribution in [0.4, 0.5) is 11.4 Å². The summed E-state index contributed by atoms with van der Waals surface area (Å²) >= 11 is 3.23. The summed E-state index contributed by atoms with van der Waals surface area (Å²) in [6.07, 6.45) is 3.53. The van der Waals surface area contributed by atoms with Crippen LogP contribution < -0.4 is 10.2 Å². The van der Waals surface area contributed by atoms with Crippen molar-refractivity contribution in [3.8, 4) is 0 Å². The highest BCUT2D eigenvalue weighted by Gasteiger charge is 2.41. The molecule has 3 heterocycles. The fourth-order valence-electron chi connectivity index (χ4n) is 3.54. The van der Waals surface area contributed by atoms with E-state index in [9.17, 15) is 4.79 Å². The van der Waals surface area contributed by atoms with Crippen LogP contribution in [-0.2, 0) is 11.3 Å². The van der Waals surface area contributed by atoms with Gasteiger partial charge in [-0.25, -0.2) is 0 Å². The summed E-state index contributed by atoms with van der Waals surface area (Å²) in [5.41, 5.74) is 2.92. The Morgan fingerprint density at radius 3 is 2.60 bits per heavy atom. The molecule has 1 saturated heterocycles. The van der Waals surface area contributed by atoms with Crippen LogP contribution in [0.25, 0.3) is 0 Å². The smallest absolute Gasteiger partial charge is 0.265 e. The summed E-state index contributed by atoms with van der Waals surface area (Å²) in [6, 6.07) is 22.2. The van der Waals surface area contributed by atoms with Crippen molar-refractivity contribution < 1.29 is 4.79 Å². The molecule has 5 nitrogen and oxygen atoms in total. The Morgan fingerprint density at radius 1 is 1.03 bits per heavy atom. The molecule has 2 aliphatic rings. The first kappa shape index (κ1) is 19.1. The molecule has 1 unspecified atom stereocenters. The van der Waals surface area contributed by atoms with E-state index >= 15 is 0 Å². The average Bonchev–Trinajstić information content (AvgIpc) is 3.27. The maximum absolute atomic E-state index is 13.5. The number of rotatable bonds is 4. The Bertz CT molecular complexity index is 1100. The Labute approximate surface area is 184 Å². The van der Waals surface area contributed by atoms with Gasteiger partial charge in [-0.2, -0.15) is 0 Å². The molecular formula is C23H20N4OS2. The third-order valence-electron chi connectivity index (χ3n) is 5.05. The zero-order chi connectivity index (χ0) is 20.5. The van der Waals surface area contributed by atoms with Crippen molar-refractivity contribution in [2.24, 2.45) is 0 Å². The highest BCUT2D eigenvalue weighted by molar-refractivity contribution is 8.08. The second-order valence-electron chi connectivity index (χ2n) is 7.04. The minimum Gasteiger partial charge on any atom is -0.355 e. The van der Waals surface area contributed by atoms with E-state index in [1.54, 1.807) is 35.9 Å². The van der Waals surface area contributed by atoms with Crippen molar-refractivity contribution in [2.75, 3.05) is 17.3 Å². The number of fused-ring (bicyclic) bond motifs is 1. The number of amides is 1. The Balaban J connectivity index is 1.49. The molecule has 0 aliphatic carbocycles. The van der Waals surface area contributed by atoms with Crippen LogP contribution >= 0.6 is 23.5 Å². The molecule has 5 rings (SSSR count). The highest BCUT2D eigenvalue weighted by Crippen LogP contribution is 2.50. The van der Waals surface area contributed by atoms with Gasteiger partial charge in [0, 0.05) is 24.7 Å². The second kappa shape index (κ2) is 8.08. The number of aromatic nitrogens is 1. The van der Waals surface area contributed by atoms with Crippen LogP contribution in [0.3, 0.4) is 0 Å². The molecule has 0 spiro atoms. The van der Waals surface area contributed by atoms with Crippen LogP contribution in [-0.4, -0.2) is 28.3 Å². The van der Waals surface area contributed by atoms with E-state index in [4.69, 9.17) is 0 Å². The zero-order valence-corrected chi connectivity index (χ0v) is 18.0. The van der Waals surface area contributed by atoms with Gasteiger partial charge in [-0.05, 0) is 29.8 Å². The Morgan fingerprint density at radius 2 is 1.83 bits per heavy atom. The standard InChI is InChI=1S/C23H20N4OS2/c1-26-18-11-5-6-12-19(18)29-22(26)20-21(28)27(15-16-8-3-2-4-9-16)23(30-20)25-17-10-7-13-24-14-17/h2-14,23,25H,15H2,1H3/b22-20-. The first-order chi connectivity index (χ1) is 14.7. The van der Waals surface area contributed by atoms with Crippen LogP contribution in [0, 0.1) is 0 Å². The lowest BCUT2D eigenvalue weighted by Gasteiger charge is -2.24. The molecule has 0 saturated carbocycles. The number of thioether (sulfide) groups is 2. The van der Waals surface area contributed by atoms with Crippen molar-refractivity contribution in [3.05, 3.63) is 94.6 Å². The van der Waals surface area contributed by atoms with Crippen LogP contribution in [0.15, 0.2) is 94.0 Å². The average molecular weight is 433 g/mol. The maximum Gasteiger partial charge on any atom is 0.265 e. The predicted octanol–water partition coefficient (Wildman–Crippen LogP) is 4.96. The minimum atomic E-state index is -0.206.